The molecule has 4 rings (SSSR count). The van der Waals surface area contributed by atoms with Crippen molar-refractivity contribution in [3.63, 3.8) is 0 Å². The van der Waals surface area contributed by atoms with Crippen molar-refractivity contribution in [3.05, 3.63) is 92.9 Å². The molecule has 0 saturated carbocycles. The Kier molecular flexibility index (Phi) is 4.98. The van der Waals surface area contributed by atoms with Gasteiger partial charge in [-0.2, -0.15) is 0 Å². The Hall–Kier alpha value is -2.96. The summed E-state index contributed by atoms with van der Waals surface area (Å²) in [6.45, 7) is 2.36. The molecular weight excluding hydrogens is 394 g/mol. The van der Waals surface area contributed by atoms with Crippen LogP contribution in [0.25, 0.3) is 10.2 Å². The number of hydrogen-bond acceptors (Lipinski definition) is 4. The number of aromatic nitrogens is 2. The number of amides is 1. The highest BCUT2D eigenvalue weighted by molar-refractivity contribution is 7.22. The molecule has 0 atom stereocenters. The van der Waals surface area contributed by atoms with Crippen molar-refractivity contribution in [3.8, 4) is 0 Å². The first-order valence-corrected chi connectivity index (χ1v) is 9.81. The van der Waals surface area contributed by atoms with E-state index in [2.05, 4.69) is 10.3 Å². The molecule has 0 aliphatic carbocycles. The Morgan fingerprint density at radius 2 is 1.96 bits per heavy atom. The number of aryl methyl sites for hydroxylation is 1. The fourth-order valence-electron chi connectivity index (χ4n) is 2.87. The van der Waals surface area contributed by atoms with Crippen LogP contribution in [0.15, 0.2) is 65.6 Å². The van der Waals surface area contributed by atoms with E-state index >= 15 is 0 Å². The van der Waals surface area contributed by atoms with Gasteiger partial charge in [0, 0.05) is 11.2 Å². The second kappa shape index (κ2) is 7.58. The maximum Gasteiger partial charge on any atom is 0.263 e. The lowest BCUT2D eigenvalue weighted by Gasteiger charge is -2.08. The van der Waals surface area contributed by atoms with Gasteiger partial charge >= 0.3 is 0 Å². The molecule has 5 nitrogen and oxygen atoms in total. The van der Waals surface area contributed by atoms with E-state index in [1.165, 1.54) is 22.0 Å². The number of halogens is 1. The number of carbonyl (C=O) groups excluding carboxylic acids is 1. The van der Waals surface area contributed by atoms with Crippen molar-refractivity contribution in [2.75, 3.05) is 5.32 Å². The zero-order valence-corrected chi connectivity index (χ0v) is 16.6. The fourth-order valence-corrected chi connectivity index (χ4v) is 3.96. The number of fused-ring (bicyclic) bond motifs is 1. The van der Waals surface area contributed by atoms with Crippen molar-refractivity contribution in [1.82, 2.24) is 9.55 Å². The van der Waals surface area contributed by atoms with Gasteiger partial charge in [-0.05, 0) is 54.4 Å². The van der Waals surface area contributed by atoms with Crippen LogP contribution in [0.3, 0.4) is 0 Å². The van der Waals surface area contributed by atoms with Gasteiger partial charge in [-0.15, -0.1) is 0 Å². The third-order valence-corrected chi connectivity index (χ3v) is 5.48. The third-order valence-electron chi connectivity index (χ3n) is 4.30. The number of thiazole rings is 1. The molecule has 0 radical (unpaired) electrons. The smallest absolute Gasteiger partial charge is 0.263 e. The minimum absolute atomic E-state index is 0.0758. The third kappa shape index (κ3) is 3.83. The Morgan fingerprint density at radius 3 is 2.75 bits per heavy atom. The maximum absolute atomic E-state index is 12.7. The molecule has 1 N–H and O–H groups in total. The first-order chi connectivity index (χ1) is 13.5. The molecule has 7 heteroatoms. The van der Waals surface area contributed by atoms with Gasteiger partial charge in [0.2, 0.25) is 0 Å². The summed E-state index contributed by atoms with van der Waals surface area (Å²) < 4.78 is 2.49. The van der Waals surface area contributed by atoms with Crippen molar-refractivity contribution in [2.45, 2.75) is 13.5 Å². The number of benzene rings is 2. The van der Waals surface area contributed by atoms with Crippen molar-refractivity contribution >= 4 is 44.2 Å². The van der Waals surface area contributed by atoms with Gasteiger partial charge in [-0.25, -0.2) is 4.98 Å². The molecule has 0 saturated heterocycles. The van der Waals surface area contributed by atoms with Crippen LogP contribution >= 0.6 is 22.9 Å². The number of anilines is 1. The SMILES string of the molecule is Cc1ccc2nc(NC(=O)c3cccn(Cc4ccc(Cl)cc4)c3=O)sc2c1. The zero-order valence-electron chi connectivity index (χ0n) is 15.0. The number of nitrogens with zero attached hydrogens (tertiary/aromatic N) is 2. The molecule has 0 unspecified atom stereocenters. The van der Waals surface area contributed by atoms with E-state index < -0.39 is 5.91 Å². The van der Waals surface area contributed by atoms with E-state index in [9.17, 15) is 9.59 Å². The maximum atomic E-state index is 12.7. The minimum Gasteiger partial charge on any atom is -0.310 e. The van der Waals surface area contributed by atoms with Crippen LogP contribution in [0.1, 0.15) is 21.5 Å². The normalized spacial score (nSPS) is 10.9. The molecule has 0 spiro atoms. The van der Waals surface area contributed by atoms with Crippen LogP contribution in [0, 0.1) is 6.92 Å². The van der Waals surface area contributed by atoms with E-state index in [-0.39, 0.29) is 11.1 Å². The largest absolute Gasteiger partial charge is 0.310 e. The molecule has 0 bridgehead atoms. The van der Waals surface area contributed by atoms with Crippen LogP contribution in [-0.2, 0) is 6.54 Å². The topological polar surface area (TPSA) is 64.0 Å². The van der Waals surface area contributed by atoms with Gasteiger partial charge < -0.3 is 4.57 Å². The summed E-state index contributed by atoms with van der Waals surface area (Å²) in [5.41, 5.74) is 2.59. The number of nitrogens with one attached hydrogen (secondary N) is 1. The minimum atomic E-state index is -0.466. The van der Waals surface area contributed by atoms with Crippen LogP contribution < -0.4 is 10.9 Å². The lowest BCUT2D eigenvalue weighted by molar-refractivity contribution is 0.102. The molecule has 2 heterocycles. The predicted molar refractivity (Wildman–Crippen MR) is 114 cm³/mol. The first-order valence-electron chi connectivity index (χ1n) is 8.62. The second-order valence-electron chi connectivity index (χ2n) is 6.43. The summed E-state index contributed by atoms with van der Waals surface area (Å²) in [6.07, 6.45) is 1.66. The molecule has 4 aromatic rings. The quantitative estimate of drug-likeness (QED) is 0.530. The second-order valence-corrected chi connectivity index (χ2v) is 7.89. The van der Waals surface area contributed by atoms with Gasteiger partial charge in [0.25, 0.3) is 11.5 Å². The van der Waals surface area contributed by atoms with E-state index in [1.54, 1.807) is 24.4 Å². The van der Waals surface area contributed by atoms with Crippen LogP contribution in [0.4, 0.5) is 5.13 Å². The average molecular weight is 410 g/mol. The average Bonchev–Trinajstić information content (AvgIpc) is 3.06. The number of hydrogen-bond donors (Lipinski definition) is 1. The van der Waals surface area contributed by atoms with Crippen molar-refractivity contribution in [1.29, 1.82) is 0 Å². The van der Waals surface area contributed by atoms with E-state index in [1.807, 2.05) is 37.3 Å². The van der Waals surface area contributed by atoms with Gasteiger partial charge in [-0.1, -0.05) is 41.1 Å². The molecule has 0 fully saturated rings. The lowest BCUT2D eigenvalue weighted by atomic mass is 10.2. The molecule has 1 amide bonds. The van der Waals surface area contributed by atoms with Gasteiger partial charge in [-0.3, -0.25) is 14.9 Å². The predicted octanol–water partition coefficient (Wildman–Crippen LogP) is 4.72. The van der Waals surface area contributed by atoms with Gasteiger partial charge in [0.15, 0.2) is 5.13 Å². The van der Waals surface area contributed by atoms with Crippen molar-refractivity contribution < 1.29 is 4.79 Å². The molecule has 2 aromatic heterocycles. The highest BCUT2D eigenvalue weighted by Gasteiger charge is 2.15. The molecule has 0 aliphatic heterocycles. The molecule has 140 valence electrons. The van der Waals surface area contributed by atoms with Crippen LogP contribution in [0.5, 0.6) is 0 Å². The van der Waals surface area contributed by atoms with Crippen molar-refractivity contribution in [2.24, 2.45) is 0 Å². The Morgan fingerprint density at radius 1 is 1.18 bits per heavy atom. The van der Waals surface area contributed by atoms with Gasteiger partial charge in [0.1, 0.15) is 5.56 Å². The summed E-state index contributed by atoms with van der Waals surface area (Å²) in [6, 6.07) is 16.4. The first kappa shape index (κ1) is 18.4. The van der Waals surface area contributed by atoms with E-state index in [0.29, 0.717) is 16.7 Å². The highest BCUT2D eigenvalue weighted by Crippen LogP contribution is 2.26. The standard InChI is InChI=1S/C21H16ClN3O2S/c1-13-4-9-17-18(11-13)28-21(23-17)24-19(26)16-3-2-10-25(20(16)27)12-14-5-7-15(22)8-6-14/h2-11H,12H2,1H3,(H,23,24,26). The summed E-state index contributed by atoms with van der Waals surface area (Å²) in [5.74, 6) is -0.466. The molecule has 0 aliphatic rings. The number of rotatable bonds is 4. The zero-order chi connectivity index (χ0) is 19.7. The Balaban J connectivity index is 1.58. The number of pyridine rings is 1. The molecule has 2 aromatic carbocycles. The molecular formula is C21H16ClN3O2S. The summed E-state index contributed by atoms with van der Waals surface area (Å²) in [4.78, 5) is 29.8. The lowest BCUT2D eigenvalue weighted by Crippen LogP contribution is -2.28. The fraction of sp³-hybridized carbons (Fsp3) is 0.0952. The van der Waals surface area contributed by atoms with Crippen LogP contribution in [-0.4, -0.2) is 15.5 Å². The Bertz CT molecular complexity index is 1230. The summed E-state index contributed by atoms with van der Waals surface area (Å²) >= 11 is 7.29. The van der Waals surface area contributed by atoms with Crippen LogP contribution in [0.2, 0.25) is 5.02 Å². The highest BCUT2D eigenvalue weighted by atomic mass is 35.5. The summed E-state index contributed by atoms with van der Waals surface area (Å²) in [7, 11) is 0. The monoisotopic (exact) mass is 409 g/mol. The number of carbonyl (C=O) groups is 1. The van der Waals surface area contributed by atoms with Gasteiger partial charge in [0.05, 0.1) is 16.8 Å². The Labute approximate surface area is 170 Å². The summed E-state index contributed by atoms with van der Waals surface area (Å²) in [5, 5.41) is 3.85. The van der Waals surface area contributed by atoms with E-state index in [0.717, 1.165) is 21.3 Å². The molecule has 28 heavy (non-hydrogen) atoms. The van der Waals surface area contributed by atoms with E-state index in [4.69, 9.17) is 11.6 Å².